The second-order valence-electron chi connectivity index (χ2n) is 4.21. The maximum absolute atomic E-state index is 12.7. The number of carbonyl (C=O) groups excluding carboxylic acids is 3. The lowest BCUT2D eigenvalue weighted by Crippen LogP contribution is -2.41. The number of esters is 1. The van der Waals surface area contributed by atoms with Crippen molar-refractivity contribution >= 4 is 17.9 Å². The van der Waals surface area contributed by atoms with Crippen LogP contribution in [0.25, 0.3) is 0 Å². The van der Waals surface area contributed by atoms with Gasteiger partial charge in [-0.3, -0.25) is 10.1 Å². The van der Waals surface area contributed by atoms with Gasteiger partial charge in [-0.1, -0.05) is 6.92 Å². The molecule has 0 unspecified atom stereocenters. The van der Waals surface area contributed by atoms with Gasteiger partial charge in [0.1, 0.15) is 11.6 Å². The summed E-state index contributed by atoms with van der Waals surface area (Å²) in [6, 6.07) is 4.43. The fourth-order valence-corrected chi connectivity index (χ4v) is 1.31. The predicted molar refractivity (Wildman–Crippen MR) is 74.7 cm³/mol. The van der Waals surface area contributed by atoms with E-state index in [1.807, 2.05) is 12.2 Å². The first-order valence-electron chi connectivity index (χ1n) is 6.63. The van der Waals surface area contributed by atoms with Crippen molar-refractivity contribution in [2.75, 3.05) is 19.8 Å². The molecule has 1 rings (SSSR count). The van der Waals surface area contributed by atoms with Gasteiger partial charge < -0.3 is 14.8 Å². The molecular formula is C14H17FN2O5. The van der Waals surface area contributed by atoms with Crippen LogP contribution in [0.15, 0.2) is 24.3 Å². The molecule has 0 aliphatic rings. The van der Waals surface area contributed by atoms with Gasteiger partial charge in [0.15, 0.2) is 13.2 Å². The number of ether oxygens (including phenoxy) is 2. The summed E-state index contributed by atoms with van der Waals surface area (Å²) >= 11 is 0. The first kappa shape index (κ1) is 17.4. The van der Waals surface area contributed by atoms with Gasteiger partial charge in [0.25, 0.3) is 5.91 Å². The van der Waals surface area contributed by atoms with Crippen molar-refractivity contribution in [3.63, 3.8) is 0 Å². The molecule has 0 bridgehead atoms. The van der Waals surface area contributed by atoms with Crippen molar-refractivity contribution in [2.24, 2.45) is 0 Å². The molecular weight excluding hydrogens is 295 g/mol. The van der Waals surface area contributed by atoms with E-state index in [-0.39, 0.29) is 0 Å². The molecule has 0 aliphatic heterocycles. The van der Waals surface area contributed by atoms with Crippen molar-refractivity contribution < 1.29 is 28.2 Å². The summed E-state index contributed by atoms with van der Waals surface area (Å²) in [5, 5.41) is 4.44. The van der Waals surface area contributed by atoms with Crippen LogP contribution < -0.4 is 15.4 Å². The minimum atomic E-state index is -0.784. The van der Waals surface area contributed by atoms with E-state index in [1.54, 1.807) is 0 Å². The summed E-state index contributed by atoms with van der Waals surface area (Å²) in [5.41, 5.74) is 0. The van der Waals surface area contributed by atoms with Gasteiger partial charge in [-0.05, 0) is 30.7 Å². The maximum Gasteiger partial charge on any atom is 0.344 e. The Morgan fingerprint density at radius 3 is 2.45 bits per heavy atom. The van der Waals surface area contributed by atoms with Crippen LogP contribution in [0.1, 0.15) is 13.3 Å². The van der Waals surface area contributed by atoms with Crippen molar-refractivity contribution in [1.29, 1.82) is 0 Å². The van der Waals surface area contributed by atoms with Crippen LogP contribution in [0.2, 0.25) is 0 Å². The highest BCUT2D eigenvalue weighted by atomic mass is 19.1. The molecule has 0 saturated heterocycles. The van der Waals surface area contributed by atoms with Crippen molar-refractivity contribution in [3.05, 3.63) is 30.1 Å². The number of nitrogens with one attached hydrogen (secondary N) is 2. The van der Waals surface area contributed by atoms with E-state index in [9.17, 15) is 18.8 Å². The van der Waals surface area contributed by atoms with Crippen LogP contribution in [-0.2, 0) is 14.3 Å². The minimum absolute atomic E-state index is 0.293. The Morgan fingerprint density at radius 1 is 1.14 bits per heavy atom. The highest BCUT2D eigenvalue weighted by Crippen LogP contribution is 2.10. The molecule has 0 atom stereocenters. The average molecular weight is 312 g/mol. The third-order valence-electron chi connectivity index (χ3n) is 2.32. The summed E-state index contributed by atoms with van der Waals surface area (Å²) in [6.45, 7) is 1.28. The molecule has 1 aromatic rings. The van der Waals surface area contributed by atoms with Gasteiger partial charge in [-0.15, -0.1) is 0 Å². The van der Waals surface area contributed by atoms with Crippen LogP contribution in [0.3, 0.4) is 0 Å². The lowest BCUT2D eigenvalue weighted by atomic mass is 10.3. The zero-order valence-electron chi connectivity index (χ0n) is 12.1. The average Bonchev–Trinajstić information content (AvgIpc) is 2.50. The van der Waals surface area contributed by atoms with Gasteiger partial charge in [0, 0.05) is 6.54 Å². The number of hydrogen-bond donors (Lipinski definition) is 2. The topological polar surface area (TPSA) is 93.7 Å². The Labute approximate surface area is 126 Å². The van der Waals surface area contributed by atoms with Gasteiger partial charge in [0.05, 0.1) is 0 Å². The number of amides is 3. The maximum atomic E-state index is 12.7. The Balaban J connectivity index is 2.21. The lowest BCUT2D eigenvalue weighted by Gasteiger charge is -2.08. The van der Waals surface area contributed by atoms with E-state index >= 15 is 0 Å². The normalized spacial score (nSPS) is 9.73. The molecule has 1 aromatic carbocycles. The van der Waals surface area contributed by atoms with E-state index in [4.69, 9.17) is 4.74 Å². The summed E-state index contributed by atoms with van der Waals surface area (Å²) in [4.78, 5) is 33.8. The summed E-state index contributed by atoms with van der Waals surface area (Å²) in [5.74, 6) is -1.66. The second kappa shape index (κ2) is 9.32. The fourth-order valence-electron chi connectivity index (χ4n) is 1.31. The monoisotopic (exact) mass is 312 g/mol. The highest BCUT2D eigenvalue weighted by Gasteiger charge is 2.11. The first-order valence-corrected chi connectivity index (χ1v) is 6.63. The number of carbonyl (C=O) groups is 3. The van der Waals surface area contributed by atoms with Crippen molar-refractivity contribution in [3.8, 4) is 5.75 Å². The van der Waals surface area contributed by atoms with Crippen LogP contribution in [0, 0.1) is 5.82 Å². The number of imide groups is 1. The number of benzene rings is 1. The summed E-state index contributed by atoms with van der Waals surface area (Å²) in [7, 11) is 0. The largest absolute Gasteiger partial charge is 0.482 e. The van der Waals surface area contributed by atoms with Crippen LogP contribution in [0.5, 0.6) is 5.75 Å². The molecule has 7 nitrogen and oxygen atoms in total. The zero-order valence-corrected chi connectivity index (χ0v) is 12.1. The van der Waals surface area contributed by atoms with Gasteiger partial charge >= 0.3 is 12.0 Å². The van der Waals surface area contributed by atoms with Gasteiger partial charge in [-0.25, -0.2) is 14.0 Å². The van der Waals surface area contributed by atoms with Crippen LogP contribution in [0.4, 0.5) is 9.18 Å². The predicted octanol–water partition coefficient (Wildman–Crippen LogP) is 0.984. The van der Waals surface area contributed by atoms with Gasteiger partial charge in [0.2, 0.25) is 0 Å². The highest BCUT2D eigenvalue weighted by molar-refractivity contribution is 5.95. The molecule has 8 heteroatoms. The zero-order chi connectivity index (χ0) is 16.4. The lowest BCUT2D eigenvalue weighted by molar-refractivity contribution is -0.150. The molecule has 0 spiro atoms. The number of hydrogen-bond acceptors (Lipinski definition) is 5. The quantitative estimate of drug-likeness (QED) is 0.732. The Bertz CT molecular complexity index is 518. The number of urea groups is 1. The molecule has 0 aromatic heterocycles. The Hall–Kier alpha value is -2.64. The van der Waals surface area contributed by atoms with Crippen LogP contribution in [-0.4, -0.2) is 37.7 Å². The molecule has 120 valence electrons. The molecule has 3 amide bonds. The third-order valence-corrected chi connectivity index (χ3v) is 2.32. The molecule has 0 fully saturated rings. The smallest absolute Gasteiger partial charge is 0.344 e. The van der Waals surface area contributed by atoms with E-state index in [0.29, 0.717) is 12.3 Å². The van der Waals surface area contributed by atoms with E-state index in [0.717, 1.165) is 6.42 Å². The fraction of sp³-hybridized carbons (Fsp3) is 0.357. The Kier molecular flexibility index (Phi) is 7.38. The molecule has 0 heterocycles. The van der Waals surface area contributed by atoms with E-state index < -0.39 is 36.9 Å². The first-order chi connectivity index (χ1) is 10.5. The second-order valence-corrected chi connectivity index (χ2v) is 4.21. The molecule has 0 saturated carbocycles. The molecule has 22 heavy (non-hydrogen) atoms. The van der Waals surface area contributed by atoms with E-state index in [1.165, 1.54) is 24.3 Å². The molecule has 2 N–H and O–H groups in total. The van der Waals surface area contributed by atoms with Crippen LogP contribution >= 0.6 is 0 Å². The summed E-state index contributed by atoms with van der Waals surface area (Å²) in [6.07, 6.45) is 0.733. The third kappa shape index (κ3) is 7.22. The molecule has 0 aliphatic carbocycles. The minimum Gasteiger partial charge on any atom is -0.482 e. The van der Waals surface area contributed by atoms with Crippen molar-refractivity contribution in [1.82, 2.24) is 10.6 Å². The van der Waals surface area contributed by atoms with Crippen molar-refractivity contribution in [2.45, 2.75) is 13.3 Å². The molecule has 0 radical (unpaired) electrons. The number of rotatable bonds is 7. The van der Waals surface area contributed by atoms with Gasteiger partial charge in [-0.2, -0.15) is 0 Å². The Morgan fingerprint density at radius 2 is 1.82 bits per heavy atom. The SMILES string of the molecule is CCCNC(=O)NC(=O)COC(=O)COc1ccc(F)cc1. The standard InChI is InChI=1S/C14H17FN2O5/c1-2-7-16-14(20)17-12(18)8-22-13(19)9-21-11-5-3-10(15)4-6-11/h3-6H,2,7-9H2,1H3,(H2,16,17,18,20). The summed E-state index contributed by atoms with van der Waals surface area (Å²) < 4.78 is 22.3. The number of halogens is 1. The van der Waals surface area contributed by atoms with E-state index in [2.05, 4.69) is 10.1 Å².